The molecule has 0 unspecified atom stereocenters. The second kappa shape index (κ2) is 8.43. The molecule has 1 fully saturated rings. The van der Waals surface area contributed by atoms with E-state index in [1.54, 1.807) is 6.07 Å². The van der Waals surface area contributed by atoms with Crippen molar-refractivity contribution in [1.82, 2.24) is 29.7 Å². The van der Waals surface area contributed by atoms with Crippen molar-refractivity contribution in [1.29, 1.82) is 0 Å². The highest BCUT2D eigenvalue weighted by Gasteiger charge is 2.26. The maximum Gasteiger partial charge on any atom is 0.240 e. The molecule has 1 aliphatic rings. The summed E-state index contributed by atoms with van der Waals surface area (Å²) in [5.74, 6) is 2.46. The van der Waals surface area contributed by atoms with E-state index in [4.69, 9.17) is 9.05 Å². The Morgan fingerprint density at radius 1 is 1.06 bits per heavy atom. The van der Waals surface area contributed by atoms with Crippen LogP contribution < -0.4 is 0 Å². The van der Waals surface area contributed by atoms with Crippen molar-refractivity contribution < 1.29 is 13.4 Å². The number of aromatic nitrogens is 5. The van der Waals surface area contributed by atoms with Gasteiger partial charge in [-0.05, 0) is 55.8 Å². The molecule has 31 heavy (non-hydrogen) atoms. The molecule has 1 aliphatic heterocycles. The van der Waals surface area contributed by atoms with Crippen LogP contribution in [0.3, 0.4) is 0 Å². The number of nitrogens with zero attached hydrogens (tertiary/aromatic N) is 6. The van der Waals surface area contributed by atoms with Gasteiger partial charge in [0.1, 0.15) is 5.82 Å². The van der Waals surface area contributed by atoms with Gasteiger partial charge >= 0.3 is 0 Å². The fourth-order valence-electron chi connectivity index (χ4n) is 3.98. The van der Waals surface area contributed by atoms with Crippen LogP contribution in [0.2, 0.25) is 0 Å². The Kier molecular flexibility index (Phi) is 5.33. The van der Waals surface area contributed by atoms with Gasteiger partial charge in [-0.1, -0.05) is 22.4 Å². The lowest BCUT2D eigenvalue weighted by molar-refractivity contribution is 0.168. The van der Waals surface area contributed by atoms with Crippen LogP contribution >= 0.6 is 0 Å². The number of hydrogen-bond acceptors (Lipinski definition) is 7. The van der Waals surface area contributed by atoms with Crippen LogP contribution in [0.25, 0.3) is 11.5 Å². The summed E-state index contributed by atoms with van der Waals surface area (Å²) in [6.45, 7) is 2.36. The first-order chi connectivity index (χ1) is 15.1. The van der Waals surface area contributed by atoms with Crippen molar-refractivity contribution in [2.75, 3.05) is 13.1 Å². The molecule has 0 N–H and O–H groups in total. The second-order valence-corrected chi connectivity index (χ2v) is 7.92. The second-order valence-electron chi connectivity index (χ2n) is 7.92. The molecular weight excluding hydrogens is 399 g/mol. The van der Waals surface area contributed by atoms with Gasteiger partial charge < -0.3 is 13.6 Å². The molecule has 0 radical (unpaired) electrons. The minimum Gasteiger partial charge on any atom is -0.348 e. The average Bonchev–Trinajstić information content (AvgIpc) is 3.50. The molecule has 3 aromatic heterocycles. The summed E-state index contributed by atoms with van der Waals surface area (Å²) >= 11 is 0. The topological polar surface area (TPSA) is 86.0 Å². The largest absolute Gasteiger partial charge is 0.348 e. The van der Waals surface area contributed by atoms with E-state index in [1.165, 1.54) is 12.1 Å². The Labute approximate surface area is 178 Å². The minimum absolute atomic E-state index is 0.254. The molecule has 0 atom stereocenters. The van der Waals surface area contributed by atoms with Gasteiger partial charge in [0, 0.05) is 25.6 Å². The fourth-order valence-corrected chi connectivity index (χ4v) is 3.98. The molecular formula is C22H23FN6O2. The van der Waals surface area contributed by atoms with Crippen molar-refractivity contribution in [3.8, 4) is 11.5 Å². The molecule has 160 valence electrons. The Hall–Kier alpha value is -3.33. The van der Waals surface area contributed by atoms with E-state index in [-0.39, 0.29) is 11.7 Å². The summed E-state index contributed by atoms with van der Waals surface area (Å²) < 4.78 is 26.3. The summed E-state index contributed by atoms with van der Waals surface area (Å²) in [5.41, 5.74) is 1.76. The van der Waals surface area contributed by atoms with Crippen molar-refractivity contribution in [3.63, 3.8) is 0 Å². The third-order valence-electron chi connectivity index (χ3n) is 5.67. The van der Waals surface area contributed by atoms with Gasteiger partial charge in [-0.25, -0.2) is 4.39 Å². The Bertz CT molecular complexity index is 1160. The van der Waals surface area contributed by atoms with Gasteiger partial charge in [-0.3, -0.25) is 4.90 Å². The van der Waals surface area contributed by atoms with Crippen LogP contribution in [0.4, 0.5) is 4.39 Å². The number of rotatable bonds is 6. The Balaban J connectivity index is 1.15. The Morgan fingerprint density at radius 2 is 1.94 bits per heavy atom. The predicted molar refractivity (Wildman–Crippen MR) is 109 cm³/mol. The van der Waals surface area contributed by atoms with E-state index in [2.05, 4.69) is 25.2 Å². The maximum absolute atomic E-state index is 13.3. The molecule has 9 heteroatoms. The number of benzene rings is 1. The van der Waals surface area contributed by atoms with E-state index < -0.39 is 0 Å². The smallest absolute Gasteiger partial charge is 0.240 e. The van der Waals surface area contributed by atoms with E-state index >= 15 is 0 Å². The fraction of sp³-hybridized carbons (Fsp3) is 0.364. The van der Waals surface area contributed by atoms with E-state index in [1.807, 2.05) is 36.0 Å². The van der Waals surface area contributed by atoms with Crippen LogP contribution in [-0.2, 0) is 20.0 Å². The van der Waals surface area contributed by atoms with Crippen LogP contribution in [-0.4, -0.2) is 42.8 Å². The third kappa shape index (κ3) is 4.41. The number of piperidine rings is 1. The monoisotopic (exact) mass is 422 g/mol. The van der Waals surface area contributed by atoms with Gasteiger partial charge in [0.2, 0.25) is 17.6 Å². The first-order valence-corrected chi connectivity index (χ1v) is 10.4. The van der Waals surface area contributed by atoms with Crippen molar-refractivity contribution >= 4 is 0 Å². The molecule has 4 aromatic rings. The van der Waals surface area contributed by atoms with E-state index in [0.717, 1.165) is 37.2 Å². The highest BCUT2D eigenvalue weighted by atomic mass is 19.1. The van der Waals surface area contributed by atoms with E-state index in [0.29, 0.717) is 36.4 Å². The van der Waals surface area contributed by atoms with Crippen molar-refractivity contribution in [2.24, 2.45) is 7.05 Å². The standard InChI is InChI=1S/C22H23FN6O2/c1-28-9-3-6-18(28)21-25-22(31-27-21)16-7-10-29(11-8-16)14-20-24-19(26-30-20)13-15-4-2-5-17(23)12-15/h2-6,9,12,16H,7-8,10-11,13-14H2,1H3. The van der Waals surface area contributed by atoms with Gasteiger partial charge in [0.05, 0.1) is 12.2 Å². The van der Waals surface area contributed by atoms with Crippen LogP contribution in [0, 0.1) is 5.82 Å². The highest BCUT2D eigenvalue weighted by Crippen LogP contribution is 2.29. The average molecular weight is 422 g/mol. The number of hydrogen-bond donors (Lipinski definition) is 0. The SMILES string of the molecule is Cn1cccc1-c1noc(C2CCN(Cc3nc(Cc4cccc(F)c4)no3)CC2)n1. The summed E-state index contributed by atoms with van der Waals surface area (Å²) in [6, 6.07) is 10.4. The van der Waals surface area contributed by atoms with Gasteiger partial charge in [0.25, 0.3) is 0 Å². The molecule has 0 saturated carbocycles. The molecule has 5 rings (SSSR count). The lowest BCUT2D eigenvalue weighted by Crippen LogP contribution is -2.32. The number of halogens is 1. The summed E-state index contributed by atoms with van der Waals surface area (Å²) in [6.07, 6.45) is 4.27. The number of likely N-dealkylation sites (tertiary alicyclic amines) is 1. The molecule has 0 aliphatic carbocycles. The molecule has 1 saturated heterocycles. The minimum atomic E-state index is -0.263. The van der Waals surface area contributed by atoms with Gasteiger partial charge in [-0.2, -0.15) is 9.97 Å². The first kappa shape index (κ1) is 19.6. The lowest BCUT2D eigenvalue weighted by atomic mass is 9.97. The zero-order valence-corrected chi connectivity index (χ0v) is 17.2. The van der Waals surface area contributed by atoms with Crippen LogP contribution in [0.1, 0.15) is 41.9 Å². The molecule has 1 aromatic carbocycles. The van der Waals surface area contributed by atoms with Gasteiger partial charge in [-0.15, -0.1) is 0 Å². The van der Waals surface area contributed by atoms with Crippen LogP contribution in [0.15, 0.2) is 51.6 Å². The molecule has 8 nitrogen and oxygen atoms in total. The zero-order chi connectivity index (χ0) is 21.2. The quantitative estimate of drug-likeness (QED) is 0.469. The zero-order valence-electron chi connectivity index (χ0n) is 17.2. The first-order valence-electron chi connectivity index (χ1n) is 10.4. The molecule has 0 bridgehead atoms. The predicted octanol–water partition coefficient (Wildman–Crippen LogP) is 3.57. The van der Waals surface area contributed by atoms with E-state index in [9.17, 15) is 4.39 Å². The lowest BCUT2D eigenvalue weighted by Gasteiger charge is -2.28. The third-order valence-corrected chi connectivity index (χ3v) is 5.67. The Morgan fingerprint density at radius 3 is 2.71 bits per heavy atom. The highest BCUT2D eigenvalue weighted by molar-refractivity contribution is 5.49. The van der Waals surface area contributed by atoms with Gasteiger partial charge in [0.15, 0.2) is 5.82 Å². The van der Waals surface area contributed by atoms with Crippen molar-refractivity contribution in [2.45, 2.75) is 31.7 Å². The summed E-state index contributed by atoms with van der Waals surface area (Å²) in [5, 5.41) is 8.18. The molecule has 0 spiro atoms. The summed E-state index contributed by atoms with van der Waals surface area (Å²) in [4.78, 5) is 11.4. The molecule has 0 amide bonds. The van der Waals surface area contributed by atoms with Crippen LogP contribution in [0.5, 0.6) is 0 Å². The number of aryl methyl sites for hydroxylation is 1. The summed E-state index contributed by atoms with van der Waals surface area (Å²) in [7, 11) is 1.96. The maximum atomic E-state index is 13.3. The molecule has 4 heterocycles. The normalized spacial score (nSPS) is 15.5. The van der Waals surface area contributed by atoms with Crippen molar-refractivity contribution in [3.05, 3.63) is 71.6 Å².